The van der Waals surface area contributed by atoms with Crippen LogP contribution in [0, 0.1) is 17.8 Å². The Balaban J connectivity index is 1.96. The molecule has 2 aliphatic rings. The molecule has 3 unspecified atom stereocenters. The minimum absolute atomic E-state index is 0.253. The maximum Gasteiger partial charge on any atom is 0.0556 e. The van der Waals surface area contributed by atoms with Gasteiger partial charge >= 0.3 is 0 Å². The Bertz CT molecular complexity index is 265. The number of hydrogen-bond donors (Lipinski definition) is 2. The van der Waals surface area contributed by atoms with E-state index in [1.807, 2.05) is 0 Å². The number of nitrogens with zero attached hydrogens (tertiary/aromatic N) is 1. The van der Waals surface area contributed by atoms with Crippen LogP contribution in [0.15, 0.2) is 0 Å². The number of nitrogens with one attached hydrogen (secondary N) is 1. The van der Waals surface area contributed by atoms with Crippen molar-refractivity contribution in [3.05, 3.63) is 0 Å². The lowest BCUT2D eigenvalue weighted by Gasteiger charge is -2.43. The van der Waals surface area contributed by atoms with Gasteiger partial charge in [-0.1, -0.05) is 20.8 Å². The molecule has 0 aromatic heterocycles. The number of aliphatic hydroxyl groups is 1. The van der Waals surface area contributed by atoms with Crippen LogP contribution in [0.3, 0.4) is 0 Å². The Morgan fingerprint density at radius 1 is 1.21 bits per heavy atom. The fourth-order valence-corrected chi connectivity index (χ4v) is 3.71. The van der Waals surface area contributed by atoms with Gasteiger partial charge < -0.3 is 10.4 Å². The van der Waals surface area contributed by atoms with Gasteiger partial charge in [-0.25, -0.2) is 0 Å². The molecule has 3 heteroatoms. The van der Waals surface area contributed by atoms with Crippen LogP contribution in [0.5, 0.6) is 0 Å². The average molecular weight is 268 g/mol. The van der Waals surface area contributed by atoms with E-state index in [9.17, 15) is 0 Å². The molecule has 0 aromatic carbocycles. The molecule has 1 aliphatic heterocycles. The Hall–Kier alpha value is -0.120. The van der Waals surface area contributed by atoms with Crippen molar-refractivity contribution in [3.63, 3.8) is 0 Å². The standard InChI is InChI=1S/C16H32N2O/c1-4-16(13-5-6-13)18-10-14(12(2)3)9-15(11-18)17-7-8-19/h12-17,19H,4-11H2,1-3H3. The molecule has 0 radical (unpaired) electrons. The fourth-order valence-electron chi connectivity index (χ4n) is 3.71. The molecular weight excluding hydrogens is 236 g/mol. The zero-order valence-electron chi connectivity index (χ0n) is 12.9. The van der Waals surface area contributed by atoms with E-state index in [0.29, 0.717) is 6.04 Å². The average Bonchev–Trinajstić information content (AvgIpc) is 3.21. The third-order valence-electron chi connectivity index (χ3n) is 5.05. The predicted molar refractivity (Wildman–Crippen MR) is 80.2 cm³/mol. The van der Waals surface area contributed by atoms with Gasteiger partial charge in [-0.15, -0.1) is 0 Å². The van der Waals surface area contributed by atoms with Crippen molar-refractivity contribution in [2.75, 3.05) is 26.2 Å². The summed E-state index contributed by atoms with van der Waals surface area (Å²) in [6, 6.07) is 1.38. The summed E-state index contributed by atoms with van der Waals surface area (Å²) in [7, 11) is 0. The van der Waals surface area contributed by atoms with E-state index < -0.39 is 0 Å². The smallest absolute Gasteiger partial charge is 0.0556 e. The first-order valence-corrected chi connectivity index (χ1v) is 8.24. The Kier molecular flexibility index (Phi) is 5.67. The maximum atomic E-state index is 9.02. The fraction of sp³-hybridized carbons (Fsp3) is 1.00. The van der Waals surface area contributed by atoms with E-state index in [2.05, 4.69) is 31.0 Å². The summed E-state index contributed by atoms with van der Waals surface area (Å²) in [5.41, 5.74) is 0. The topological polar surface area (TPSA) is 35.5 Å². The van der Waals surface area contributed by atoms with Crippen LogP contribution in [-0.4, -0.2) is 48.3 Å². The molecule has 2 rings (SSSR count). The highest BCUT2D eigenvalue weighted by Gasteiger charge is 2.38. The molecule has 3 nitrogen and oxygen atoms in total. The Morgan fingerprint density at radius 3 is 2.47 bits per heavy atom. The SMILES string of the molecule is CCC(C1CC1)N1CC(NCCO)CC(C(C)C)C1. The van der Waals surface area contributed by atoms with Crippen molar-refractivity contribution in [1.29, 1.82) is 0 Å². The zero-order chi connectivity index (χ0) is 13.8. The third kappa shape index (κ3) is 4.17. The normalized spacial score (nSPS) is 30.8. The second kappa shape index (κ2) is 7.05. The highest BCUT2D eigenvalue weighted by atomic mass is 16.3. The summed E-state index contributed by atoms with van der Waals surface area (Å²) in [6.07, 6.45) is 5.45. The predicted octanol–water partition coefficient (Wildman–Crippen LogP) is 2.10. The van der Waals surface area contributed by atoms with Gasteiger partial charge in [-0.2, -0.15) is 0 Å². The quantitative estimate of drug-likeness (QED) is 0.742. The van der Waals surface area contributed by atoms with Crippen molar-refractivity contribution in [1.82, 2.24) is 10.2 Å². The summed E-state index contributed by atoms with van der Waals surface area (Å²) >= 11 is 0. The molecule has 1 aliphatic carbocycles. The van der Waals surface area contributed by atoms with Gasteiger partial charge in [0.05, 0.1) is 6.61 Å². The van der Waals surface area contributed by atoms with E-state index in [0.717, 1.165) is 30.3 Å². The van der Waals surface area contributed by atoms with E-state index in [1.165, 1.54) is 38.8 Å². The van der Waals surface area contributed by atoms with Crippen LogP contribution in [0.2, 0.25) is 0 Å². The highest BCUT2D eigenvalue weighted by molar-refractivity contribution is 4.93. The molecule has 0 spiro atoms. The van der Waals surface area contributed by atoms with Crippen LogP contribution in [0.1, 0.15) is 46.5 Å². The van der Waals surface area contributed by atoms with Crippen LogP contribution in [0.4, 0.5) is 0 Å². The van der Waals surface area contributed by atoms with Crippen molar-refractivity contribution >= 4 is 0 Å². The largest absolute Gasteiger partial charge is 0.395 e. The molecule has 0 aromatic rings. The Morgan fingerprint density at radius 2 is 1.95 bits per heavy atom. The molecule has 19 heavy (non-hydrogen) atoms. The summed E-state index contributed by atoms with van der Waals surface area (Å²) in [5, 5.41) is 12.5. The number of likely N-dealkylation sites (tertiary alicyclic amines) is 1. The van der Waals surface area contributed by atoms with Crippen LogP contribution >= 0.6 is 0 Å². The lowest BCUT2D eigenvalue weighted by atomic mass is 9.84. The van der Waals surface area contributed by atoms with Gasteiger partial charge in [-0.05, 0) is 43.4 Å². The number of aliphatic hydroxyl groups excluding tert-OH is 1. The minimum atomic E-state index is 0.253. The number of rotatable bonds is 7. The molecule has 1 saturated heterocycles. The van der Waals surface area contributed by atoms with E-state index >= 15 is 0 Å². The molecule has 1 heterocycles. The van der Waals surface area contributed by atoms with Gasteiger partial charge in [-0.3, -0.25) is 4.90 Å². The highest BCUT2D eigenvalue weighted by Crippen LogP contribution is 2.38. The summed E-state index contributed by atoms with van der Waals surface area (Å²) < 4.78 is 0. The Labute approximate surface area is 118 Å². The van der Waals surface area contributed by atoms with Crippen molar-refractivity contribution < 1.29 is 5.11 Å². The first kappa shape index (κ1) is 15.3. The van der Waals surface area contributed by atoms with Crippen LogP contribution in [0.25, 0.3) is 0 Å². The maximum absolute atomic E-state index is 9.02. The lowest BCUT2D eigenvalue weighted by Crippen LogP contribution is -2.54. The molecule has 3 atom stereocenters. The van der Waals surface area contributed by atoms with Gasteiger partial charge in [0.25, 0.3) is 0 Å². The van der Waals surface area contributed by atoms with Gasteiger partial charge in [0.2, 0.25) is 0 Å². The molecule has 2 N–H and O–H groups in total. The number of piperidine rings is 1. The number of hydrogen-bond acceptors (Lipinski definition) is 3. The van der Waals surface area contributed by atoms with E-state index in [-0.39, 0.29) is 6.61 Å². The van der Waals surface area contributed by atoms with Gasteiger partial charge in [0.15, 0.2) is 0 Å². The van der Waals surface area contributed by atoms with Gasteiger partial charge in [0, 0.05) is 31.7 Å². The van der Waals surface area contributed by atoms with Crippen molar-refractivity contribution in [2.24, 2.45) is 17.8 Å². The van der Waals surface area contributed by atoms with Crippen molar-refractivity contribution in [2.45, 2.75) is 58.5 Å². The van der Waals surface area contributed by atoms with Crippen LogP contribution < -0.4 is 5.32 Å². The monoisotopic (exact) mass is 268 g/mol. The van der Waals surface area contributed by atoms with E-state index in [1.54, 1.807) is 0 Å². The summed E-state index contributed by atoms with van der Waals surface area (Å²) in [4.78, 5) is 2.75. The molecule has 0 amide bonds. The molecule has 0 bridgehead atoms. The first-order valence-electron chi connectivity index (χ1n) is 8.24. The second-order valence-electron chi connectivity index (χ2n) is 6.88. The molecule has 1 saturated carbocycles. The first-order chi connectivity index (χ1) is 9.15. The van der Waals surface area contributed by atoms with Gasteiger partial charge in [0.1, 0.15) is 0 Å². The molecular formula is C16H32N2O. The third-order valence-corrected chi connectivity index (χ3v) is 5.05. The van der Waals surface area contributed by atoms with Crippen molar-refractivity contribution in [3.8, 4) is 0 Å². The summed E-state index contributed by atoms with van der Waals surface area (Å²) in [6.45, 7) is 10.5. The lowest BCUT2D eigenvalue weighted by molar-refractivity contribution is 0.0657. The summed E-state index contributed by atoms with van der Waals surface area (Å²) in [5.74, 6) is 2.53. The minimum Gasteiger partial charge on any atom is -0.395 e. The molecule has 2 fully saturated rings. The van der Waals surface area contributed by atoms with Crippen LogP contribution in [-0.2, 0) is 0 Å². The second-order valence-corrected chi connectivity index (χ2v) is 6.88. The zero-order valence-corrected chi connectivity index (χ0v) is 12.9. The van der Waals surface area contributed by atoms with E-state index in [4.69, 9.17) is 5.11 Å². The molecule has 112 valence electrons.